The van der Waals surface area contributed by atoms with E-state index >= 15 is 0 Å². The number of nitrogens with zero attached hydrogens (tertiary/aromatic N) is 4. The van der Waals surface area contributed by atoms with E-state index in [-0.39, 0.29) is 20.9 Å². The van der Waals surface area contributed by atoms with Crippen molar-refractivity contribution in [3.05, 3.63) is 28.2 Å². The Morgan fingerprint density at radius 3 is 2.70 bits per heavy atom. The molecule has 2 N–H and O–H groups in total. The molecule has 11 heteroatoms. The van der Waals surface area contributed by atoms with Gasteiger partial charge in [-0.3, -0.25) is 0 Å². The minimum atomic E-state index is -3.99. The first-order chi connectivity index (χ1) is 9.29. The smallest absolute Gasteiger partial charge is 0.336 e. The first kappa shape index (κ1) is 14.4. The fourth-order valence-corrected chi connectivity index (χ4v) is 2.72. The molecule has 106 valence electrons. The Morgan fingerprint density at radius 1 is 1.45 bits per heavy atom. The highest BCUT2D eigenvalue weighted by atomic mass is 79.9. The minimum Gasteiger partial charge on any atom is -0.478 e. The van der Waals surface area contributed by atoms with Gasteiger partial charge in [-0.2, -0.15) is 4.80 Å². The molecule has 0 saturated carbocycles. The highest BCUT2D eigenvalue weighted by Gasteiger charge is 2.20. The van der Waals surface area contributed by atoms with Gasteiger partial charge in [-0.05, 0) is 39.3 Å². The predicted octanol–water partition coefficient (Wildman–Crippen LogP) is 0.472. The Hall–Kier alpha value is -2.01. The third-order valence-corrected chi connectivity index (χ3v) is 4.23. The largest absolute Gasteiger partial charge is 0.478 e. The second kappa shape index (κ2) is 5.17. The lowest BCUT2D eigenvalue weighted by Crippen LogP contribution is -2.15. The number of nitrogens with one attached hydrogen (secondary N) is 1. The number of sulfonamides is 1. The highest BCUT2D eigenvalue weighted by Crippen LogP contribution is 2.22. The summed E-state index contributed by atoms with van der Waals surface area (Å²) in [5, 5.41) is 19.6. The lowest BCUT2D eigenvalue weighted by atomic mass is 10.2. The second-order valence-electron chi connectivity index (χ2n) is 3.65. The maximum absolute atomic E-state index is 12.1. The molecule has 0 aliphatic heterocycles. The Morgan fingerprint density at radius 2 is 2.15 bits per heavy atom. The average molecular weight is 362 g/mol. The van der Waals surface area contributed by atoms with Gasteiger partial charge >= 0.3 is 5.97 Å². The van der Waals surface area contributed by atoms with E-state index in [2.05, 4.69) is 36.1 Å². The van der Waals surface area contributed by atoms with Crippen LogP contribution in [0.15, 0.2) is 27.6 Å². The van der Waals surface area contributed by atoms with Gasteiger partial charge in [0.1, 0.15) is 0 Å². The quantitative estimate of drug-likeness (QED) is 0.809. The van der Waals surface area contributed by atoms with E-state index in [1.54, 1.807) is 0 Å². The van der Waals surface area contributed by atoms with Crippen LogP contribution < -0.4 is 4.72 Å². The van der Waals surface area contributed by atoms with Gasteiger partial charge in [0.05, 0.1) is 17.5 Å². The zero-order valence-corrected chi connectivity index (χ0v) is 12.4. The summed E-state index contributed by atoms with van der Waals surface area (Å²) in [7, 11) is -2.51. The van der Waals surface area contributed by atoms with E-state index in [1.165, 1.54) is 19.2 Å². The Balaban J connectivity index is 2.39. The molecule has 0 saturated heterocycles. The first-order valence-electron chi connectivity index (χ1n) is 5.09. The molecule has 1 aromatic carbocycles. The second-order valence-corrected chi connectivity index (χ2v) is 6.19. The number of tetrazole rings is 1. The molecule has 0 aliphatic carbocycles. The van der Waals surface area contributed by atoms with E-state index < -0.39 is 16.0 Å². The maximum Gasteiger partial charge on any atom is 0.336 e. The van der Waals surface area contributed by atoms with Gasteiger partial charge in [0, 0.05) is 4.47 Å². The zero-order chi connectivity index (χ0) is 14.9. The van der Waals surface area contributed by atoms with Gasteiger partial charge < -0.3 is 5.11 Å². The Kier molecular flexibility index (Phi) is 3.72. The van der Waals surface area contributed by atoms with Gasteiger partial charge in [0.15, 0.2) is 0 Å². The summed E-state index contributed by atoms with van der Waals surface area (Å²) < 4.78 is 26.5. The van der Waals surface area contributed by atoms with Crippen LogP contribution in [0.25, 0.3) is 0 Å². The van der Waals surface area contributed by atoms with Crippen molar-refractivity contribution >= 4 is 37.9 Å². The predicted molar refractivity (Wildman–Crippen MR) is 70.7 cm³/mol. The monoisotopic (exact) mass is 361 g/mol. The number of aromatic carboxylic acids is 1. The van der Waals surface area contributed by atoms with Crippen LogP contribution in [-0.2, 0) is 17.1 Å². The summed E-state index contributed by atoms with van der Waals surface area (Å²) in [5.41, 5.74) is -0.167. The van der Waals surface area contributed by atoms with Crippen molar-refractivity contribution in [1.29, 1.82) is 0 Å². The topological polar surface area (TPSA) is 127 Å². The molecule has 0 radical (unpaired) electrons. The summed E-state index contributed by atoms with van der Waals surface area (Å²) in [6.07, 6.45) is 0. The maximum atomic E-state index is 12.1. The molecule has 2 aromatic rings. The van der Waals surface area contributed by atoms with Crippen LogP contribution in [0.5, 0.6) is 0 Å². The van der Waals surface area contributed by atoms with Crippen molar-refractivity contribution in [2.45, 2.75) is 4.90 Å². The van der Waals surface area contributed by atoms with Gasteiger partial charge in [-0.1, -0.05) is 5.10 Å². The number of hydrogen-bond donors (Lipinski definition) is 2. The van der Waals surface area contributed by atoms with Gasteiger partial charge in [-0.25, -0.2) is 17.9 Å². The number of anilines is 1. The normalized spacial score (nSPS) is 11.3. The van der Waals surface area contributed by atoms with Crippen LogP contribution in [-0.4, -0.2) is 39.7 Å². The fourth-order valence-electron chi connectivity index (χ4n) is 1.34. The van der Waals surface area contributed by atoms with Crippen molar-refractivity contribution in [2.75, 3.05) is 4.72 Å². The first-order valence-corrected chi connectivity index (χ1v) is 7.37. The van der Waals surface area contributed by atoms with Gasteiger partial charge in [0.25, 0.3) is 16.0 Å². The van der Waals surface area contributed by atoms with Crippen LogP contribution >= 0.6 is 15.9 Å². The van der Waals surface area contributed by atoms with E-state index in [0.29, 0.717) is 0 Å². The van der Waals surface area contributed by atoms with Crippen molar-refractivity contribution in [1.82, 2.24) is 20.2 Å². The Bertz CT molecular complexity index is 772. The number of carboxylic acids is 1. The molecule has 1 aromatic heterocycles. The zero-order valence-electron chi connectivity index (χ0n) is 9.98. The molecular weight excluding hydrogens is 354 g/mol. The van der Waals surface area contributed by atoms with Crippen molar-refractivity contribution < 1.29 is 18.3 Å². The SMILES string of the molecule is Cn1nnc(NS(=O)(=O)c2ccc(Br)c(C(=O)O)c2)n1. The third-order valence-electron chi connectivity index (χ3n) is 2.21. The van der Waals surface area contributed by atoms with E-state index in [1.807, 2.05) is 0 Å². The molecule has 0 spiro atoms. The summed E-state index contributed by atoms with van der Waals surface area (Å²) in [4.78, 5) is 11.8. The number of carbonyl (C=O) groups is 1. The molecule has 9 nitrogen and oxygen atoms in total. The fraction of sp³-hybridized carbons (Fsp3) is 0.111. The minimum absolute atomic E-state index is 0.167. The summed E-state index contributed by atoms with van der Waals surface area (Å²) in [6.45, 7) is 0. The number of aromatic nitrogens is 4. The average Bonchev–Trinajstić information content (AvgIpc) is 2.73. The summed E-state index contributed by atoms with van der Waals surface area (Å²) in [6, 6.07) is 3.63. The molecule has 1 heterocycles. The van der Waals surface area contributed by atoms with Crippen LogP contribution in [0, 0.1) is 0 Å². The van der Waals surface area contributed by atoms with Crippen molar-refractivity contribution in [3.8, 4) is 0 Å². The molecular formula is C9H8BrN5O4S. The lowest BCUT2D eigenvalue weighted by Gasteiger charge is -2.06. The number of aryl methyl sites for hydroxylation is 1. The van der Waals surface area contributed by atoms with Crippen LogP contribution in [0.1, 0.15) is 10.4 Å². The van der Waals surface area contributed by atoms with Crippen molar-refractivity contribution in [3.63, 3.8) is 0 Å². The third kappa shape index (κ3) is 2.93. The molecule has 0 bridgehead atoms. The molecule has 0 amide bonds. The number of rotatable bonds is 4. The van der Waals surface area contributed by atoms with E-state index in [0.717, 1.165) is 10.9 Å². The molecule has 0 atom stereocenters. The number of carboxylic acid groups (broad SMARTS) is 1. The van der Waals surface area contributed by atoms with Crippen LogP contribution in [0.4, 0.5) is 5.95 Å². The van der Waals surface area contributed by atoms with Crippen LogP contribution in [0.3, 0.4) is 0 Å². The molecule has 0 unspecified atom stereocenters. The number of benzene rings is 1. The van der Waals surface area contributed by atoms with Gasteiger partial charge in [-0.15, -0.1) is 5.10 Å². The lowest BCUT2D eigenvalue weighted by molar-refractivity contribution is 0.0695. The molecule has 0 aliphatic rings. The van der Waals surface area contributed by atoms with E-state index in [9.17, 15) is 13.2 Å². The van der Waals surface area contributed by atoms with Crippen molar-refractivity contribution in [2.24, 2.45) is 7.05 Å². The molecule has 0 fully saturated rings. The summed E-state index contributed by atoms with van der Waals surface area (Å²) >= 11 is 3.03. The number of halogens is 1. The number of hydrogen-bond acceptors (Lipinski definition) is 6. The standard InChI is InChI=1S/C9H8BrN5O4S/c1-15-12-9(11-14-15)13-20(18,19)5-2-3-7(10)6(4-5)8(16)17/h2-4H,1H3,(H,12,13)(H,16,17). The van der Waals surface area contributed by atoms with Crippen LogP contribution in [0.2, 0.25) is 0 Å². The summed E-state index contributed by atoms with van der Waals surface area (Å²) in [5.74, 6) is -1.45. The Labute approximate surface area is 121 Å². The van der Waals surface area contributed by atoms with E-state index in [4.69, 9.17) is 5.11 Å². The highest BCUT2D eigenvalue weighted by molar-refractivity contribution is 9.10. The van der Waals surface area contributed by atoms with Gasteiger partial charge in [0.2, 0.25) is 0 Å². The molecule has 20 heavy (non-hydrogen) atoms. The molecule has 2 rings (SSSR count).